The van der Waals surface area contributed by atoms with Crippen LogP contribution in [-0.4, -0.2) is 38.3 Å². The standard InChI is InChI=1S/C16H23FN2O2/c17-14-5-3-13(4-6-14)7-9-18-10-8-16(20)19-12-15-2-1-11-21-15/h3-6,15,18H,1-2,7-12H2,(H,19,20). The fourth-order valence-corrected chi connectivity index (χ4v) is 2.33. The Hall–Kier alpha value is -1.46. The van der Waals surface area contributed by atoms with Gasteiger partial charge in [0, 0.05) is 26.1 Å². The number of ether oxygens (including phenoxy) is 1. The lowest BCUT2D eigenvalue weighted by molar-refractivity contribution is -0.121. The molecule has 4 nitrogen and oxygen atoms in total. The van der Waals surface area contributed by atoms with Gasteiger partial charge in [0.1, 0.15) is 5.82 Å². The van der Waals surface area contributed by atoms with Crippen molar-refractivity contribution in [2.24, 2.45) is 0 Å². The average molecular weight is 294 g/mol. The highest BCUT2D eigenvalue weighted by Gasteiger charge is 2.15. The summed E-state index contributed by atoms with van der Waals surface area (Å²) < 4.78 is 18.2. The minimum Gasteiger partial charge on any atom is -0.376 e. The van der Waals surface area contributed by atoms with Gasteiger partial charge in [-0.2, -0.15) is 0 Å². The fourth-order valence-electron chi connectivity index (χ4n) is 2.33. The third kappa shape index (κ3) is 6.23. The zero-order valence-corrected chi connectivity index (χ0v) is 12.2. The van der Waals surface area contributed by atoms with Gasteiger partial charge in [0.25, 0.3) is 0 Å². The number of carbonyl (C=O) groups is 1. The summed E-state index contributed by atoms with van der Waals surface area (Å²) in [5.74, 6) is -0.158. The first-order chi connectivity index (χ1) is 10.2. The van der Waals surface area contributed by atoms with Crippen LogP contribution in [0, 0.1) is 5.82 Å². The van der Waals surface area contributed by atoms with Gasteiger partial charge in [0.05, 0.1) is 6.10 Å². The molecule has 1 unspecified atom stereocenters. The first-order valence-corrected chi connectivity index (χ1v) is 7.57. The maximum atomic E-state index is 12.7. The molecule has 1 aliphatic heterocycles. The number of hydrogen-bond acceptors (Lipinski definition) is 3. The summed E-state index contributed by atoms with van der Waals surface area (Å²) in [7, 11) is 0. The third-order valence-corrected chi connectivity index (χ3v) is 3.58. The van der Waals surface area contributed by atoms with Crippen molar-refractivity contribution >= 4 is 5.91 Å². The number of carbonyl (C=O) groups excluding carboxylic acids is 1. The Balaban J connectivity index is 1.48. The minimum atomic E-state index is -0.213. The van der Waals surface area contributed by atoms with E-state index in [1.807, 2.05) is 0 Å². The van der Waals surface area contributed by atoms with E-state index in [1.165, 1.54) is 12.1 Å². The SMILES string of the molecule is O=C(CCNCCc1ccc(F)cc1)NCC1CCCO1. The quantitative estimate of drug-likeness (QED) is 0.717. The number of amides is 1. The van der Waals surface area contributed by atoms with E-state index in [2.05, 4.69) is 10.6 Å². The van der Waals surface area contributed by atoms with E-state index in [0.29, 0.717) is 19.5 Å². The Morgan fingerprint density at radius 2 is 2.10 bits per heavy atom. The molecule has 0 bridgehead atoms. The molecule has 1 amide bonds. The zero-order valence-electron chi connectivity index (χ0n) is 12.2. The summed E-state index contributed by atoms with van der Waals surface area (Å²) in [4.78, 5) is 11.6. The van der Waals surface area contributed by atoms with Crippen LogP contribution in [0.1, 0.15) is 24.8 Å². The van der Waals surface area contributed by atoms with Crippen molar-refractivity contribution in [2.75, 3.05) is 26.2 Å². The number of rotatable bonds is 8. The molecule has 0 aliphatic carbocycles. The molecule has 1 heterocycles. The molecule has 5 heteroatoms. The van der Waals surface area contributed by atoms with Crippen LogP contribution in [0.25, 0.3) is 0 Å². The molecular weight excluding hydrogens is 271 g/mol. The number of halogens is 1. The van der Waals surface area contributed by atoms with Gasteiger partial charge < -0.3 is 15.4 Å². The summed E-state index contributed by atoms with van der Waals surface area (Å²) in [6, 6.07) is 6.50. The minimum absolute atomic E-state index is 0.0554. The summed E-state index contributed by atoms with van der Waals surface area (Å²) >= 11 is 0. The third-order valence-electron chi connectivity index (χ3n) is 3.58. The Morgan fingerprint density at radius 1 is 1.29 bits per heavy atom. The van der Waals surface area contributed by atoms with Crippen LogP contribution in [0.2, 0.25) is 0 Å². The van der Waals surface area contributed by atoms with Crippen LogP contribution in [0.3, 0.4) is 0 Å². The zero-order chi connectivity index (χ0) is 14.9. The van der Waals surface area contributed by atoms with E-state index in [9.17, 15) is 9.18 Å². The second-order valence-electron chi connectivity index (χ2n) is 5.32. The molecule has 0 aromatic heterocycles. The van der Waals surface area contributed by atoms with Gasteiger partial charge in [-0.05, 0) is 43.5 Å². The molecule has 1 aromatic carbocycles. The van der Waals surface area contributed by atoms with E-state index in [0.717, 1.165) is 38.0 Å². The van der Waals surface area contributed by atoms with Crippen molar-refractivity contribution in [3.63, 3.8) is 0 Å². The molecule has 1 aliphatic rings. The van der Waals surface area contributed by atoms with Crippen molar-refractivity contribution in [1.82, 2.24) is 10.6 Å². The molecule has 0 saturated carbocycles. The molecule has 1 fully saturated rings. The summed E-state index contributed by atoms with van der Waals surface area (Å²) in [5.41, 5.74) is 1.09. The van der Waals surface area contributed by atoms with Crippen molar-refractivity contribution < 1.29 is 13.9 Å². The lowest BCUT2D eigenvalue weighted by Gasteiger charge is -2.11. The fraction of sp³-hybridized carbons (Fsp3) is 0.562. The maximum Gasteiger partial charge on any atom is 0.221 e. The van der Waals surface area contributed by atoms with Crippen LogP contribution >= 0.6 is 0 Å². The molecule has 0 radical (unpaired) electrons. The first kappa shape index (κ1) is 15.9. The predicted octanol–water partition coefficient (Wildman–Crippen LogP) is 1.64. The van der Waals surface area contributed by atoms with Crippen molar-refractivity contribution in [1.29, 1.82) is 0 Å². The van der Waals surface area contributed by atoms with E-state index in [1.54, 1.807) is 12.1 Å². The highest BCUT2D eigenvalue weighted by atomic mass is 19.1. The molecule has 2 rings (SSSR count). The van der Waals surface area contributed by atoms with Gasteiger partial charge in [-0.25, -0.2) is 4.39 Å². The number of benzene rings is 1. The second kappa shape index (κ2) is 8.74. The topological polar surface area (TPSA) is 50.4 Å². The molecule has 1 aromatic rings. The molecule has 1 saturated heterocycles. The molecule has 21 heavy (non-hydrogen) atoms. The lowest BCUT2D eigenvalue weighted by Crippen LogP contribution is -2.33. The normalized spacial score (nSPS) is 17.9. The van der Waals surface area contributed by atoms with E-state index >= 15 is 0 Å². The van der Waals surface area contributed by atoms with Crippen molar-refractivity contribution in [3.8, 4) is 0 Å². The van der Waals surface area contributed by atoms with E-state index in [-0.39, 0.29) is 17.8 Å². The maximum absolute atomic E-state index is 12.7. The lowest BCUT2D eigenvalue weighted by atomic mass is 10.1. The molecule has 0 spiro atoms. The average Bonchev–Trinajstić information content (AvgIpc) is 3.00. The van der Waals surface area contributed by atoms with Crippen molar-refractivity contribution in [2.45, 2.75) is 31.8 Å². The Labute approximate surface area is 125 Å². The molecule has 116 valence electrons. The van der Waals surface area contributed by atoms with Crippen molar-refractivity contribution in [3.05, 3.63) is 35.6 Å². The first-order valence-electron chi connectivity index (χ1n) is 7.57. The molecular formula is C16H23FN2O2. The van der Waals surface area contributed by atoms with Gasteiger partial charge in [0.15, 0.2) is 0 Å². The monoisotopic (exact) mass is 294 g/mol. The highest BCUT2D eigenvalue weighted by molar-refractivity contribution is 5.76. The van der Waals surface area contributed by atoms with Crippen LogP contribution in [0.5, 0.6) is 0 Å². The summed E-state index contributed by atoms with van der Waals surface area (Å²) in [6.45, 7) is 2.86. The van der Waals surface area contributed by atoms with Gasteiger partial charge in [-0.1, -0.05) is 12.1 Å². The molecule has 2 N–H and O–H groups in total. The van der Waals surface area contributed by atoms with Crippen LogP contribution in [0.4, 0.5) is 4.39 Å². The number of nitrogens with one attached hydrogen (secondary N) is 2. The van der Waals surface area contributed by atoms with Gasteiger partial charge in [0.2, 0.25) is 5.91 Å². The van der Waals surface area contributed by atoms with Crippen LogP contribution < -0.4 is 10.6 Å². The highest BCUT2D eigenvalue weighted by Crippen LogP contribution is 2.10. The summed E-state index contributed by atoms with van der Waals surface area (Å²) in [6.07, 6.45) is 3.62. The smallest absolute Gasteiger partial charge is 0.221 e. The number of hydrogen-bond donors (Lipinski definition) is 2. The van der Waals surface area contributed by atoms with Crippen LogP contribution in [-0.2, 0) is 16.0 Å². The Bertz CT molecular complexity index is 430. The van der Waals surface area contributed by atoms with Gasteiger partial charge >= 0.3 is 0 Å². The largest absolute Gasteiger partial charge is 0.376 e. The predicted molar refractivity (Wildman–Crippen MR) is 79.6 cm³/mol. The van der Waals surface area contributed by atoms with Gasteiger partial charge in [-0.15, -0.1) is 0 Å². The van der Waals surface area contributed by atoms with Gasteiger partial charge in [-0.3, -0.25) is 4.79 Å². The van der Waals surface area contributed by atoms with Crippen LogP contribution in [0.15, 0.2) is 24.3 Å². The Kier molecular flexibility index (Phi) is 6.63. The molecule has 1 atom stereocenters. The van der Waals surface area contributed by atoms with E-state index in [4.69, 9.17) is 4.74 Å². The Morgan fingerprint density at radius 3 is 2.81 bits per heavy atom. The van der Waals surface area contributed by atoms with E-state index < -0.39 is 0 Å². The summed E-state index contributed by atoms with van der Waals surface area (Å²) in [5, 5.41) is 6.12. The second-order valence-corrected chi connectivity index (χ2v) is 5.32.